The van der Waals surface area contributed by atoms with Crippen LogP contribution in [0.2, 0.25) is 0 Å². The number of carbonyl (C=O) groups is 1. The second-order valence-corrected chi connectivity index (χ2v) is 4.94. The number of hydrogen-bond acceptors (Lipinski definition) is 4. The van der Waals surface area contributed by atoms with Gasteiger partial charge in [-0.3, -0.25) is 4.79 Å². The van der Waals surface area contributed by atoms with E-state index in [9.17, 15) is 4.79 Å². The molecule has 0 spiro atoms. The molecule has 0 saturated heterocycles. The molecule has 1 unspecified atom stereocenters. The van der Waals surface area contributed by atoms with Crippen LogP contribution in [0, 0.1) is 0 Å². The second kappa shape index (κ2) is 6.18. The Morgan fingerprint density at radius 1 is 1.38 bits per heavy atom. The fraction of sp³-hybridized carbons (Fsp3) is 0.364. The van der Waals surface area contributed by atoms with Crippen molar-refractivity contribution in [2.24, 2.45) is 5.73 Å². The summed E-state index contributed by atoms with van der Waals surface area (Å²) in [5.74, 6) is -1.48. The summed E-state index contributed by atoms with van der Waals surface area (Å²) in [6.07, 6.45) is 3.99. The third-order valence-electron chi connectivity index (χ3n) is 2.34. The Kier molecular flexibility index (Phi) is 5.18. The molecule has 0 aliphatic heterocycles. The minimum absolute atomic E-state index is 0.127. The van der Waals surface area contributed by atoms with Crippen molar-refractivity contribution in [3.05, 3.63) is 23.8 Å². The molecule has 88 valence electrons. The third-order valence-corrected chi connectivity index (χ3v) is 4.05. The van der Waals surface area contributed by atoms with Crippen LogP contribution in [0.25, 0.3) is 0 Å². The molecule has 1 atom stereocenters. The summed E-state index contributed by atoms with van der Waals surface area (Å²) >= 11 is 3.28. The van der Waals surface area contributed by atoms with E-state index in [4.69, 9.17) is 10.8 Å². The van der Waals surface area contributed by atoms with Crippen molar-refractivity contribution < 1.29 is 9.90 Å². The number of aliphatic carboxylic acids is 1. The highest BCUT2D eigenvalue weighted by Crippen LogP contribution is 2.31. The molecule has 0 bridgehead atoms. The van der Waals surface area contributed by atoms with Gasteiger partial charge in [-0.15, -0.1) is 23.5 Å². The largest absolute Gasteiger partial charge is 0.481 e. The first kappa shape index (κ1) is 13.4. The van der Waals surface area contributed by atoms with E-state index in [1.165, 1.54) is 0 Å². The average Bonchev–Trinajstić information content (AvgIpc) is 2.29. The molecule has 0 aliphatic carbocycles. The van der Waals surface area contributed by atoms with Gasteiger partial charge in [0.25, 0.3) is 0 Å². The van der Waals surface area contributed by atoms with Crippen molar-refractivity contribution >= 4 is 29.5 Å². The summed E-state index contributed by atoms with van der Waals surface area (Å²) in [5, 5.41) is 9.02. The van der Waals surface area contributed by atoms with Gasteiger partial charge >= 0.3 is 5.97 Å². The standard InChI is InChI=1S/C11H15NO2S2/c1-15-9-4-3-7(5-10(9)16-2)8(6-12)11(13)14/h3-5,8H,6,12H2,1-2H3,(H,13,14). The zero-order valence-electron chi connectivity index (χ0n) is 9.27. The number of hydrogen-bond donors (Lipinski definition) is 2. The van der Waals surface area contributed by atoms with Crippen LogP contribution in [0.4, 0.5) is 0 Å². The van der Waals surface area contributed by atoms with Crippen LogP contribution < -0.4 is 5.73 Å². The first-order valence-electron chi connectivity index (χ1n) is 4.78. The van der Waals surface area contributed by atoms with Crippen LogP contribution in [0.15, 0.2) is 28.0 Å². The van der Waals surface area contributed by atoms with Gasteiger partial charge in [0, 0.05) is 16.3 Å². The molecule has 0 saturated carbocycles. The predicted octanol–water partition coefficient (Wildman–Crippen LogP) is 2.26. The summed E-state index contributed by atoms with van der Waals surface area (Å²) in [6, 6.07) is 5.72. The predicted molar refractivity (Wildman–Crippen MR) is 69.4 cm³/mol. The highest BCUT2D eigenvalue weighted by atomic mass is 32.2. The molecule has 0 heterocycles. The molecule has 0 radical (unpaired) electrons. The summed E-state index contributed by atoms with van der Waals surface area (Å²) in [5.41, 5.74) is 6.25. The molecule has 0 amide bonds. The van der Waals surface area contributed by atoms with Crippen LogP contribution in [-0.2, 0) is 4.79 Å². The number of nitrogens with two attached hydrogens (primary N) is 1. The van der Waals surface area contributed by atoms with Gasteiger partial charge in [0.15, 0.2) is 0 Å². The molecule has 1 aromatic carbocycles. The van der Waals surface area contributed by atoms with Gasteiger partial charge in [0.05, 0.1) is 5.92 Å². The average molecular weight is 257 g/mol. The van der Waals surface area contributed by atoms with E-state index in [0.717, 1.165) is 15.4 Å². The van der Waals surface area contributed by atoms with Crippen LogP contribution in [-0.4, -0.2) is 30.1 Å². The Morgan fingerprint density at radius 2 is 2.00 bits per heavy atom. The fourth-order valence-electron chi connectivity index (χ4n) is 1.45. The maximum Gasteiger partial charge on any atom is 0.312 e. The van der Waals surface area contributed by atoms with Crippen LogP contribution in [0.3, 0.4) is 0 Å². The Morgan fingerprint density at radius 3 is 2.44 bits per heavy atom. The summed E-state index contributed by atoms with van der Waals surface area (Å²) in [4.78, 5) is 13.3. The maximum atomic E-state index is 11.0. The molecule has 1 rings (SSSR count). The second-order valence-electron chi connectivity index (χ2n) is 3.24. The molecule has 3 nitrogen and oxygen atoms in total. The zero-order valence-corrected chi connectivity index (χ0v) is 10.9. The van der Waals surface area contributed by atoms with Crippen LogP contribution in [0.1, 0.15) is 11.5 Å². The van der Waals surface area contributed by atoms with E-state index in [-0.39, 0.29) is 6.54 Å². The van der Waals surface area contributed by atoms with E-state index in [1.807, 2.05) is 30.7 Å². The molecule has 16 heavy (non-hydrogen) atoms. The Bertz CT molecular complexity index is 382. The van der Waals surface area contributed by atoms with E-state index in [0.29, 0.717) is 0 Å². The van der Waals surface area contributed by atoms with Gasteiger partial charge in [-0.25, -0.2) is 0 Å². The van der Waals surface area contributed by atoms with Crippen LogP contribution >= 0.6 is 23.5 Å². The smallest absolute Gasteiger partial charge is 0.312 e. The lowest BCUT2D eigenvalue weighted by Gasteiger charge is -2.13. The van der Waals surface area contributed by atoms with Crippen molar-refractivity contribution in [3.63, 3.8) is 0 Å². The van der Waals surface area contributed by atoms with Crippen LogP contribution in [0.5, 0.6) is 0 Å². The number of thioether (sulfide) groups is 2. The minimum atomic E-state index is -0.869. The van der Waals surface area contributed by atoms with E-state index < -0.39 is 11.9 Å². The topological polar surface area (TPSA) is 63.3 Å². The first-order valence-corrected chi connectivity index (χ1v) is 7.23. The lowest BCUT2D eigenvalue weighted by atomic mass is 10.00. The van der Waals surface area contributed by atoms with Crippen molar-refractivity contribution in [2.45, 2.75) is 15.7 Å². The third kappa shape index (κ3) is 2.93. The van der Waals surface area contributed by atoms with E-state index in [1.54, 1.807) is 23.5 Å². The number of carboxylic acids is 1. The Balaban J connectivity index is 3.11. The normalized spacial score (nSPS) is 12.4. The fourth-order valence-corrected chi connectivity index (χ4v) is 2.94. The monoisotopic (exact) mass is 257 g/mol. The molecule has 0 fully saturated rings. The van der Waals surface area contributed by atoms with Crippen molar-refractivity contribution in [1.82, 2.24) is 0 Å². The van der Waals surface area contributed by atoms with Gasteiger partial charge in [0.1, 0.15) is 0 Å². The van der Waals surface area contributed by atoms with Crippen molar-refractivity contribution in [3.8, 4) is 0 Å². The van der Waals surface area contributed by atoms with Gasteiger partial charge in [-0.1, -0.05) is 6.07 Å². The highest BCUT2D eigenvalue weighted by Gasteiger charge is 2.18. The molecule has 0 aromatic heterocycles. The van der Waals surface area contributed by atoms with E-state index in [2.05, 4.69) is 0 Å². The maximum absolute atomic E-state index is 11.0. The van der Waals surface area contributed by atoms with Gasteiger partial charge in [-0.05, 0) is 30.2 Å². The molecule has 0 aliphatic rings. The Hall–Kier alpha value is -0.650. The zero-order chi connectivity index (χ0) is 12.1. The minimum Gasteiger partial charge on any atom is -0.481 e. The Labute approximate surface area is 104 Å². The lowest BCUT2D eigenvalue weighted by molar-refractivity contribution is -0.138. The molecule has 1 aromatic rings. The highest BCUT2D eigenvalue weighted by molar-refractivity contribution is 8.01. The van der Waals surface area contributed by atoms with E-state index >= 15 is 0 Å². The number of benzene rings is 1. The summed E-state index contributed by atoms with van der Waals surface area (Å²) in [6.45, 7) is 0.127. The van der Waals surface area contributed by atoms with Gasteiger partial charge < -0.3 is 10.8 Å². The summed E-state index contributed by atoms with van der Waals surface area (Å²) in [7, 11) is 0. The number of carboxylic acid groups (broad SMARTS) is 1. The first-order chi connectivity index (χ1) is 7.63. The van der Waals surface area contributed by atoms with Gasteiger partial charge in [-0.2, -0.15) is 0 Å². The lowest BCUT2D eigenvalue weighted by Crippen LogP contribution is -2.21. The molecular weight excluding hydrogens is 242 g/mol. The van der Waals surface area contributed by atoms with Crippen molar-refractivity contribution in [2.75, 3.05) is 19.1 Å². The number of rotatable bonds is 5. The quantitative estimate of drug-likeness (QED) is 0.792. The molecular formula is C11H15NO2S2. The van der Waals surface area contributed by atoms with Crippen molar-refractivity contribution in [1.29, 1.82) is 0 Å². The molecule has 5 heteroatoms. The summed E-state index contributed by atoms with van der Waals surface area (Å²) < 4.78 is 0. The molecule has 3 N–H and O–H groups in total. The SMILES string of the molecule is CSc1ccc(C(CN)C(=O)O)cc1SC. The van der Waals surface area contributed by atoms with Gasteiger partial charge in [0.2, 0.25) is 0 Å².